The first-order chi connectivity index (χ1) is 21.5. The molecule has 6 atom stereocenters. The van der Waals surface area contributed by atoms with Crippen LogP contribution >= 0.6 is 16.0 Å². The van der Waals surface area contributed by atoms with Crippen LogP contribution in [0.15, 0.2) is 97.1 Å². The summed E-state index contributed by atoms with van der Waals surface area (Å²) in [7, 11) is -0.0549. The van der Waals surface area contributed by atoms with E-state index in [0.717, 1.165) is 50.7 Å². The molecule has 0 bridgehead atoms. The summed E-state index contributed by atoms with van der Waals surface area (Å²) in [5.41, 5.74) is 0. The van der Waals surface area contributed by atoms with Crippen LogP contribution in [0.4, 0.5) is 17.6 Å². The van der Waals surface area contributed by atoms with E-state index in [1.54, 1.807) is 0 Å². The Kier molecular flexibility index (Phi) is 2.20. The summed E-state index contributed by atoms with van der Waals surface area (Å²) in [6.07, 6.45) is 0. The fourth-order valence-electron chi connectivity index (χ4n) is 22.4. The predicted molar refractivity (Wildman–Crippen MR) is 171 cm³/mol. The molecule has 4 aromatic carbocycles. The van der Waals surface area contributed by atoms with Crippen LogP contribution in [-0.2, 0) is 6.51 Å². The molecule has 10 heterocycles. The van der Waals surface area contributed by atoms with Crippen molar-refractivity contribution < 1.29 is 24.1 Å². The summed E-state index contributed by atoms with van der Waals surface area (Å²) in [6, 6.07) is 30.2. The van der Waals surface area contributed by atoms with E-state index >= 15 is 0 Å². The minimum absolute atomic E-state index is 0.183. The van der Waals surface area contributed by atoms with Gasteiger partial charge in [0.25, 0.3) is 0 Å². The van der Waals surface area contributed by atoms with Gasteiger partial charge in [-0.25, -0.2) is 0 Å². The second-order valence-corrected chi connectivity index (χ2v) is 45.9. The molecule has 10 fully saturated rings. The summed E-state index contributed by atoms with van der Waals surface area (Å²) < 4.78 is 62.4. The quantitative estimate of drug-likeness (QED) is 0.102. The van der Waals surface area contributed by atoms with Crippen molar-refractivity contribution >= 4 is 37.2 Å². The number of halogens is 4. The van der Waals surface area contributed by atoms with Crippen molar-refractivity contribution in [2.24, 2.45) is 0 Å². The Morgan fingerprint density at radius 2 is 1.02 bits per heavy atom. The van der Waals surface area contributed by atoms with Crippen LogP contribution in [0.5, 0.6) is 0 Å². The second-order valence-electron chi connectivity index (χ2n) is 17.6. The number of benzene rings is 4. The number of rotatable bonds is 8. The molecule has 1 nitrogen and oxygen atoms in total. The molecule has 45 heavy (non-hydrogen) atoms. The molecule has 0 radical (unpaired) electrons. The molecule has 1 spiro atoms. The van der Waals surface area contributed by atoms with E-state index in [1.165, 1.54) is 34.9 Å². The minimum atomic E-state index is -4.18. The summed E-state index contributed by atoms with van der Waals surface area (Å²) >= 11 is 0. The number of hydrogen-bond acceptors (Lipinski definition) is 1. The van der Waals surface area contributed by atoms with E-state index in [-0.39, 0.29) is 6.04 Å². The van der Waals surface area contributed by atoms with Crippen molar-refractivity contribution in [2.45, 2.75) is 59.9 Å². The molecule has 0 aliphatic carbocycles. The zero-order valence-corrected chi connectivity index (χ0v) is 27.5. The Balaban J connectivity index is 1.02. The Morgan fingerprint density at radius 3 is 1.40 bits per heavy atom. The van der Waals surface area contributed by atoms with E-state index in [4.69, 9.17) is 0 Å². The van der Waals surface area contributed by atoms with Crippen LogP contribution in [0.25, 0.3) is 0 Å². The third-order valence-electron chi connectivity index (χ3n) is 20.9. The third kappa shape index (κ3) is 0.739. The van der Waals surface area contributed by atoms with Gasteiger partial charge in [0.05, 0.1) is 0 Å². The molecule has 4 unspecified atom stereocenters. The zero-order valence-electron chi connectivity index (χ0n) is 24.6. The maximum absolute atomic E-state index is 14.8. The summed E-state index contributed by atoms with van der Waals surface area (Å²) in [5, 5.41) is 4.00. The average molecular weight is 683 g/mol. The molecule has 0 N–H and O–H groups in total. The molecule has 230 valence electrons. The molecule has 10 saturated heterocycles. The molecular formula is C37H31F4FeNP2. The molecule has 0 aromatic heterocycles. The van der Waals surface area contributed by atoms with Crippen LogP contribution in [0.2, 0.25) is 42.8 Å². The van der Waals surface area contributed by atoms with Gasteiger partial charge in [-0.3, -0.25) is 0 Å². The predicted octanol–water partition coefficient (Wildman–Crippen LogP) is 8.71. The summed E-state index contributed by atoms with van der Waals surface area (Å²) in [5.74, 6) is -2.61. The van der Waals surface area contributed by atoms with Crippen molar-refractivity contribution in [1.82, 2.24) is 4.67 Å². The topological polar surface area (TPSA) is 3.24 Å². The van der Waals surface area contributed by atoms with Gasteiger partial charge in [-0.15, -0.1) is 0 Å². The molecule has 0 saturated carbocycles. The average Bonchev–Trinajstić information content (AvgIpc) is 3.96. The van der Waals surface area contributed by atoms with E-state index < -0.39 is 45.8 Å². The fourth-order valence-corrected chi connectivity index (χ4v) is 117. The fraction of sp³-hybridized carbons (Fsp3) is 0.351. The van der Waals surface area contributed by atoms with Gasteiger partial charge in [0.2, 0.25) is 0 Å². The van der Waals surface area contributed by atoms with Gasteiger partial charge in [-0.05, 0) is 0 Å². The van der Waals surface area contributed by atoms with Crippen LogP contribution in [0.1, 0.15) is 6.92 Å². The standard InChI is InChI=1S/C32H26F4NP2.C5H5.Fe/c1-22(31-14-9-15-32(31)38(27-10-5-3-6-11-27)28-12-7-4-8-13-28)37(2)39(29-18-23(33)16-24(34)19-29)30-20-25(35)17-26(36)21-30;1-2-4-5-3-1;/h3-22H,1-2H3;1-5H;/t22-;;/m1../s1. The first-order valence-electron chi connectivity index (χ1n) is 16.1. The molecule has 14 rings (SSSR count). The number of fused-ring (bicyclic) bond motifs is 10. The van der Waals surface area contributed by atoms with Crippen LogP contribution in [-0.4, -0.2) is 21.8 Å². The maximum atomic E-state index is 14.8. The molecule has 8 heteroatoms. The molecule has 4 aromatic rings. The molecule has 10 aliphatic heterocycles. The Hall–Kier alpha value is -2.06. The van der Waals surface area contributed by atoms with E-state index in [0.29, 0.717) is 19.0 Å². The monoisotopic (exact) mass is 683 g/mol. The van der Waals surface area contributed by atoms with E-state index in [1.807, 2.05) is 0 Å². The van der Waals surface area contributed by atoms with Crippen molar-refractivity contribution in [3.8, 4) is 0 Å². The van der Waals surface area contributed by atoms with Crippen molar-refractivity contribution in [3.05, 3.63) is 120 Å². The Labute approximate surface area is 252 Å². The Bertz CT molecular complexity index is 2350. The number of hydrogen-bond donors (Lipinski definition) is 0. The Morgan fingerprint density at radius 1 is 0.600 bits per heavy atom. The van der Waals surface area contributed by atoms with Gasteiger partial charge >= 0.3 is 253 Å². The first-order valence-corrected chi connectivity index (χ1v) is 24.9. The summed E-state index contributed by atoms with van der Waals surface area (Å²) in [6.45, 7) is -1.75. The molecule has 0 amide bonds. The van der Waals surface area contributed by atoms with Crippen LogP contribution < -0.4 is 21.2 Å². The van der Waals surface area contributed by atoms with Crippen molar-refractivity contribution in [2.75, 3.05) is 7.05 Å². The van der Waals surface area contributed by atoms with Gasteiger partial charge in [0.1, 0.15) is 0 Å². The second kappa shape index (κ2) is 4.10. The van der Waals surface area contributed by atoms with E-state index in [2.05, 4.69) is 79.3 Å². The molecule has 10 aliphatic rings. The van der Waals surface area contributed by atoms with Crippen LogP contribution in [0.3, 0.4) is 0 Å². The van der Waals surface area contributed by atoms with Gasteiger partial charge in [-0.1, -0.05) is 0 Å². The van der Waals surface area contributed by atoms with Crippen molar-refractivity contribution in [3.63, 3.8) is 0 Å². The number of nitrogens with zero attached hydrogens (tertiary/aromatic N) is 1. The van der Waals surface area contributed by atoms with Crippen molar-refractivity contribution in [1.29, 1.82) is 0 Å². The third-order valence-corrected chi connectivity index (χ3v) is 73.6. The first kappa shape index (κ1) is 24.1. The summed E-state index contributed by atoms with van der Waals surface area (Å²) in [4.78, 5) is 8.11. The van der Waals surface area contributed by atoms with E-state index in [9.17, 15) is 17.6 Å². The van der Waals surface area contributed by atoms with Gasteiger partial charge in [0, 0.05) is 0 Å². The van der Waals surface area contributed by atoms with Gasteiger partial charge < -0.3 is 0 Å². The van der Waals surface area contributed by atoms with Gasteiger partial charge in [0.15, 0.2) is 0 Å². The molecular weight excluding hydrogens is 652 g/mol. The van der Waals surface area contributed by atoms with Crippen LogP contribution in [0, 0.1) is 23.3 Å². The normalized spacial score (nSPS) is 55.0. The van der Waals surface area contributed by atoms with Gasteiger partial charge in [-0.2, -0.15) is 0 Å². The SMILES string of the molecule is C[C@@H](N(C)P(c1cc(F)cc(F)c1)c1cc(F)cc(F)c1)[C@@]12[CH]3[CH]4[CH]5[C]1(P(c1ccccc1)c1ccccc1)[Fe]45321678[CH]2[CH]1[CH]6[CH]7[CH]28. The zero-order chi connectivity index (χ0) is 30.2.